The van der Waals surface area contributed by atoms with Gasteiger partial charge in [0.05, 0.1) is 18.1 Å². The maximum Gasteiger partial charge on any atom is 0.341 e. The lowest BCUT2D eigenvalue weighted by Gasteiger charge is -2.15. The number of methoxy groups -OCH3 is 1. The van der Waals surface area contributed by atoms with Crippen LogP contribution in [-0.4, -0.2) is 35.9 Å². The zero-order valence-corrected chi connectivity index (χ0v) is 15.6. The summed E-state index contributed by atoms with van der Waals surface area (Å²) in [5.41, 5.74) is 1.72. The second kappa shape index (κ2) is 6.76. The number of carbonyl (C=O) groups is 2. The van der Waals surface area contributed by atoms with Gasteiger partial charge in [-0.05, 0) is 35.0 Å². The van der Waals surface area contributed by atoms with E-state index in [1.807, 2.05) is 24.3 Å². The van der Waals surface area contributed by atoms with Gasteiger partial charge in [-0.15, -0.1) is 0 Å². The summed E-state index contributed by atoms with van der Waals surface area (Å²) in [6, 6.07) is 9.27. The van der Waals surface area contributed by atoms with Gasteiger partial charge >= 0.3 is 5.97 Å². The molecular weight excluding hydrogens is 388 g/mol. The number of hydrogen-bond acceptors (Lipinski definition) is 4. The summed E-state index contributed by atoms with van der Waals surface area (Å²) in [5.74, 6) is 0.340. The second-order valence-corrected chi connectivity index (χ2v) is 6.49. The lowest BCUT2D eigenvalue weighted by atomic mass is 10.2. The van der Waals surface area contributed by atoms with Gasteiger partial charge in [0.25, 0.3) is 5.91 Å². The third-order valence-electron chi connectivity index (χ3n) is 3.97. The number of aromatic amines is 1. The van der Waals surface area contributed by atoms with Crippen molar-refractivity contribution in [3.63, 3.8) is 0 Å². The van der Waals surface area contributed by atoms with Crippen molar-refractivity contribution in [3.05, 3.63) is 57.6 Å². The molecule has 0 unspecified atom stereocenters. The minimum atomic E-state index is -0.458. The Balaban J connectivity index is 1.83. The molecule has 0 aliphatic rings. The molecule has 25 heavy (non-hydrogen) atoms. The van der Waals surface area contributed by atoms with E-state index in [2.05, 4.69) is 20.9 Å². The summed E-state index contributed by atoms with van der Waals surface area (Å²) >= 11 is 3.49. The highest BCUT2D eigenvalue weighted by Gasteiger charge is 2.22. The Bertz CT molecular complexity index is 957. The van der Waals surface area contributed by atoms with Gasteiger partial charge in [0.1, 0.15) is 22.8 Å². The highest BCUT2D eigenvalue weighted by Crippen LogP contribution is 2.28. The minimum Gasteiger partial charge on any atom is -0.465 e. The molecule has 0 saturated carbocycles. The summed E-state index contributed by atoms with van der Waals surface area (Å²) in [4.78, 5) is 29.1. The molecule has 0 saturated heterocycles. The Hall–Kier alpha value is -2.54. The summed E-state index contributed by atoms with van der Waals surface area (Å²) < 4.78 is 11.0. The van der Waals surface area contributed by atoms with E-state index >= 15 is 0 Å². The van der Waals surface area contributed by atoms with E-state index in [9.17, 15) is 9.59 Å². The summed E-state index contributed by atoms with van der Waals surface area (Å²) in [6.45, 7) is 1.92. The first kappa shape index (κ1) is 17.3. The molecule has 3 rings (SSSR count). The number of nitrogens with one attached hydrogen (secondary N) is 1. The number of ether oxygens (including phenoxy) is 1. The Labute approximate surface area is 152 Å². The monoisotopic (exact) mass is 404 g/mol. The van der Waals surface area contributed by atoms with Crippen LogP contribution in [0.4, 0.5) is 0 Å². The first-order chi connectivity index (χ1) is 11.9. The molecule has 0 radical (unpaired) electrons. The Morgan fingerprint density at radius 2 is 2.04 bits per heavy atom. The van der Waals surface area contributed by atoms with Crippen LogP contribution in [0.5, 0.6) is 0 Å². The molecule has 0 aliphatic carbocycles. The molecule has 1 aromatic carbocycles. The third-order valence-corrected chi connectivity index (χ3v) is 4.79. The fourth-order valence-electron chi connectivity index (χ4n) is 2.69. The number of hydrogen-bond donors (Lipinski definition) is 1. The van der Waals surface area contributed by atoms with Gasteiger partial charge in [-0.3, -0.25) is 4.79 Å². The summed E-state index contributed by atoms with van der Waals surface area (Å²) in [6.07, 6.45) is 0. The van der Waals surface area contributed by atoms with Crippen molar-refractivity contribution in [2.45, 2.75) is 13.5 Å². The molecule has 0 bridgehead atoms. The predicted octanol–water partition coefficient (Wildman–Crippen LogP) is 3.89. The first-order valence-electron chi connectivity index (χ1n) is 7.61. The summed E-state index contributed by atoms with van der Waals surface area (Å²) in [5, 5.41) is 0.945. The molecule has 6 nitrogen and oxygen atoms in total. The van der Waals surface area contributed by atoms with E-state index in [1.54, 1.807) is 20.0 Å². The standard InChI is InChI=1S/C18H17BrN2O4/c1-10-13(18(23)24-3)8-11(25-10)9-21(2)17(22)16-15(19)12-6-4-5-7-14(12)20-16/h4-8,20H,9H2,1-3H3. The molecule has 0 aliphatic heterocycles. The maximum absolute atomic E-state index is 12.8. The van der Waals surface area contributed by atoms with Crippen LogP contribution in [0.2, 0.25) is 0 Å². The molecule has 3 aromatic rings. The number of benzene rings is 1. The van der Waals surface area contributed by atoms with E-state index < -0.39 is 5.97 Å². The fourth-order valence-corrected chi connectivity index (χ4v) is 3.30. The highest BCUT2D eigenvalue weighted by atomic mass is 79.9. The lowest BCUT2D eigenvalue weighted by Crippen LogP contribution is -2.26. The van der Waals surface area contributed by atoms with E-state index in [0.717, 1.165) is 15.4 Å². The molecule has 0 atom stereocenters. The molecular formula is C18H17BrN2O4. The molecule has 2 aromatic heterocycles. The number of rotatable bonds is 4. The van der Waals surface area contributed by atoms with Gasteiger partial charge in [-0.25, -0.2) is 4.79 Å². The average Bonchev–Trinajstić information content (AvgIpc) is 3.14. The smallest absolute Gasteiger partial charge is 0.341 e. The van der Waals surface area contributed by atoms with Gasteiger partial charge in [0.15, 0.2) is 0 Å². The number of amides is 1. The molecule has 0 fully saturated rings. The Morgan fingerprint density at radius 3 is 2.72 bits per heavy atom. The molecule has 0 spiro atoms. The van der Waals surface area contributed by atoms with Crippen molar-refractivity contribution in [1.82, 2.24) is 9.88 Å². The number of H-pyrrole nitrogens is 1. The van der Waals surface area contributed by atoms with Crippen LogP contribution in [-0.2, 0) is 11.3 Å². The van der Waals surface area contributed by atoms with E-state index in [4.69, 9.17) is 9.15 Å². The SMILES string of the molecule is COC(=O)c1cc(CN(C)C(=O)c2[nH]c3ccccc3c2Br)oc1C. The van der Waals surface area contributed by atoms with Gasteiger partial charge < -0.3 is 19.0 Å². The number of aromatic nitrogens is 1. The van der Waals surface area contributed by atoms with Crippen LogP contribution in [0, 0.1) is 6.92 Å². The van der Waals surface area contributed by atoms with Crippen molar-refractivity contribution in [2.24, 2.45) is 0 Å². The molecule has 7 heteroatoms. The van der Waals surface area contributed by atoms with Crippen LogP contribution in [0.3, 0.4) is 0 Å². The number of nitrogens with zero attached hydrogens (tertiary/aromatic N) is 1. The predicted molar refractivity (Wildman–Crippen MR) is 96.6 cm³/mol. The Morgan fingerprint density at radius 1 is 1.32 bits per heavy atom. The summed E-state index contributed by atoms with van der Waals surface area (Å²) in [7, 11) is 2.99. The van der Waals surface area contributed by atoms with Crippen LogP contribution >= 0.6 is 15.9 Å². The van der Waals surface area contributed by atoms with Crippen molar-refractivity contribution < 1.29 is 18.7 Å². The maximum atomic E-state index is 12.8. The van der Waals surface area contributed by atoms with Gasteiger partial charge in [-0.1, -0.05) is 18.2 Å². The normalized spacial score (nSPS) is 10.9. The number of halogens is 1. The molecule has 1 N–H and O–H groups in total. The van der Waals surface area contributed by atoms with Crippen molar-refractivity contribution in [3.8, 4) is 0 Å². The molecule has 2 heterocycles. The van der Waals surface area contributed by atoms with Crippen LogP contribution in [0.25, 0.3) is 10.9 Å². The zero-order valence-electron chi connectivity index (χ0n) is 14.1. The second-order valence-electron chi connectivity index (χ2n) is 5.69. The molecule has 130 valence electrons. The molecule has 1 amide bonds. The largest absolute Gasteiger partial charge is 0.465 e. The highest BCUT2D eigenvalue weighted by molar-refractivity contribution is 9.10. The van der Waals surface area contributed by atoms with Crippen molar-refractivity contribution in [2.75, 3.05) is 14.2 Å². The zero-order chi connectivity index (χ0) is 18.1. The minimum absolute atomic E-state index is 0.184. The number of carbonyl (C=O) groups excluding carboxylic acids is 2. The number of fused-ring (bicyclic) bond motifs is 1. The van der Waals surface area contributed by atoms with Crippen LogP contribution in [0.15, 0.2) is 39.2 Å². The number of aryl methyl sites for hydroxylation is 1. The van der Waals surface area contributed by atoms with E-state index in [0.29, 0.717) is 22.8 Å². The van der Waals surface area contributed by atoms with Crippen molar-refractivity contribution >= 4 is 38.7 Å². The third kappa shape index (κ3) is 3.19. The van der Waals surface area contributed by atoms with E-state index in [-0.39, 0.29) is 12.5 Å². The topological polar surface area (TPSA) is 75.5 Å². The number of para-hydroxylation sites is 1. The van der Waals surface area contributed by atoms with Crippen molar-refractivity contribution in [1.29, 1.82) is 0 Å². The van der Waals surface area contributed by atoms with Gasteiger partial charge in [0.2, 0.25) is 0 Å². The lowest BCUT2D eigenvalue weighted by molar-refractivity contribution is 0.0598. The quantitative estimate of drug-likeness (QED) is 0.669. The fraction of sp³-hybridized carbons (Fsp3) is 0.222. The van der Waals surface area contributed by atoms with Crippen LogP contribution in [0.1, 0.15) is 32.4 Å². The Kier molecular flexibility index (Phi) is 4.67. The average molecular weight is 405 g/mol. The van der Waals surface area contributed by atoms with Gasteiger partial charge in [-0.2, -0.15) is 0 Å². The number of furan rings is 1. The number of esters is 1. The van der Waals surface area contributed by atoms with Gasteiger partial charge in [0, 0.05) is 18.0 Å². The van der Waals surface area contributed by atoms with E-state index in [1.165, 1.54) is 12.0 Å². The van der Waals surface area contributed by atoms with Crippen LogP contribution < -0.4 is 0 Å². The first-order valence-corrected chi connectivity index (χ1v) is 8.41.